The molecule has 0 fully saturated rings. The van der Waals surface area contributed by atoms with Crippen LogP contribution in [0.2, 0.25) is 0 Å². The third kappa shape index (κ3) is 11.9. The Bertz CT molecular complexity index is 1170. The molecule has 8 nitrogen and oxygen atoms in total. The van der Waals surface area contributed by atoms with E-state index in [0.29, 0.717) is 13.1 Å². The summed E-state index contributed by atoms with van der Waals surface area (Å²) in [6.07, 6.45) is 6.14. The summed E-state index contributed by atoms with van der Waals surface area (Å²) in [4.78, 5) is 43.2. The van der Waals surface area contributed by atoms with Crippen LogP contribution in [-0.2, 0) is 20.7 Å². The van der Waals surface area contributed by atoms with E-state index in [0.717, 1.165) is 67.2 Å². The molecule has 0 bridgehead atoms. The van der Waals surface area contributed by atoms with Gasteiger partial charge in [0.2, 0.25) is 11.8 Å². The van der Waals surface area contributed by atoms with Crippen molar-refractivity contribution in [1.29, 1.82) is 0 Å². The summed E-state index contributed by atoms with van der Waals surface area (Å²) < 4.78 is 5.53. The van der Waals surface area contributed by atoms with Crippen LogP contribution in [0.25, 0.3) is 0 Å². The summed E-state index contributed by atoms with van der Waals surface area (Å²) in [5.74, 6) is -0.477. The first kappa shape index (κ1) is 35.6. The van der Waals surface area contributed by atoms with Crippen LogP contribution in [0, 0.1) is 13.8 Å². The lowest BCUT2D eigenvalue weighted by molar-refractivity contribution is -0.142. The number of hydrogen-bond donors (Lipinski definition) is 3. The number of carbonyl (C=O) groups is 3. The highest BCUT2D eigenvalue weighted by Gasteiger charge is 2.37. The van der Waals surface area contributed by atoms with Crippen molar-refractivity contribution in [3.8, 4) is 5.75 Å². The molecule has 2 aromatic rings. The van der Waals surface area contributed by atoms with Gasteiger partial charge in [-0.1, -0.05) is 76.3 Å². The summed E-state index contributed by atoms with van der Waals surface area (Å²) in [6, 6.07) is 10.5. The average Bonchev–Trinajstić information content (AvgIpc) is 2.94. The second kappa shape index (κ2) is 17.5. The number of hydrogen-bond acceptors (Lipinski definition) is 5. The van der Waals surface area contributed by atoms with Gasteiger partial charge in [0.15, 0.2) is 0 Å². The number of benzene rings is 2. The predicted molar refractivity (Wildman–Crippen MR) is 172 cm³/mol. The zero-order valence-corrected chi connectivity index (χ0v) is 27.3. The van der Waals surface area contributed by atoms with Crippen molar-refractivity contribution in [2.24, 2.45) is 0 Å². The molecule has 0 radical (unpaired) electrons. The first-order chi connectivity index (χ1) is 20.4. The van der Waals surface area contributed by atoms with Crippen molar-refractivity contribution in [1.82, 2.24) is 15.5 Å². The van der Waals surface area contributed by atoms with Gasteiger partial charge in [0, 0.05) is 19.5 Å². The fraction of sp³-hybridized carbons (Fsp3) is 0.571. The summed E-state index contributed by atoms with van der Waals surface area (Å²) in [6.45, 7) is 14.4. The maximum absolute atomic E-state index is 14.6. The Labute approximate surface area is 258 Å². The van der Waals surface area contributed by atoms with Gasteiger partial charge in [-0.15, -0.1) is 0 Å². The lowest BCUT2D eigenvalue weighted by Gasteiger charge is -2.35. The van der Waals surface area contributed by atoms with Gasteiger partial charge in [0.1, 0.15) is 23.4 Å². The molecule has 0 heterocycles. The quantitative estimate of drug-likeness (QED) is 0.183. The maximum Gasteiger partial charge on any atom is 0.408 e. The minimum Gasteiger partial charge on any atom is -0.508 e. The molecule has 2 atom stereocenters. The number of alkyl carbamates (subject to hydrolysis) is 1. The Kier molecular flexibility index (Phi) is 14.5. The third-order valence-corrected chi connectivity index (χ3v) is 7.48. The van der Waals surface area contributed by atoms with Gasteiger partial charge in [-0.25, -0.2) is 4.79 Å². The largest absolute Gasteiger partial charge is 0.508 e. The van der Waals surface area contributed by atoms with E-state index in [1.54, 1.807) is 49.9 Å². The van der Waals surface area contributed by atoms with E-state index < -0.39 is 23.8 Å². The van der Waals surface area contributed by atoms with Crippen molar-refractivity contribution in [2.75, 3.05) is 13.1 Å². The fourth-order valence-electron chi connectivity index (χ4n) is 4.98. The fourth-order valence-corrected chi connectivity index (χ4v) is 4.98. The van der Waals surface area contributed by atoms with Crippen LogP contribution in [0.4, 0.5) is 4.79 Å². The molecule has 0 aliphatic rings. The van der Waals surface area contributed by atoms with Gasteiger partial charge in [0.05, 0.1) is 0 Å². The number of phenolic OH excluding ortho intramolecular Hbond substituents is 1. The highest BCUT2D eigenvalue weighted by atomic mass is 16.6. The van der Waals surface area contributed by atoms with E-state index in [2.05, 4.69) is 24.5 Å². The summed E-state index contributed by atoms with van der Waals surface area (Å²) >= 11 is 0. The molecule has 3 amide bonds. The van der Waals surface area contributed by atoms with E-state index in [4.69, 9.17) is 4.74 Å². The van der Waals surface area contributed by atoms with Gasteiger partial charge in [0.25, 0.3) is 0 Å². The van der Waals surface area contributed by atoms with Crippen molar-refractivity contribution in [2.45, 2.75) is 118 Å². The van der Waals surface area contributed by atoms with Crippen LogP contribution in [0.3, 0.4) is 0 Å². The molecule has 0 aromatic heterocycles. The molecular formula is C35H53N3O5. The zero-order valence-electron chi connectivity index (χ0n) is 27.3. The highest BCUT2D eigenvalue weighted by Crippen LogP contribution is 2.28. The van der Waals surface area contributed by atoms with Crippen LogP contribution in [0.15, 0.2) is 42.5 Å². The number of carbonyl (C=O) groups excluding carboxylic acids is 3. The smallest absolute Gasteiger partial charge is 0.408 e. The Hall–Kier alpha value is -3.55. The lowest BCUT2D eigenvalue weighted by Crippen LogP contribution is -2.54. The molecule has 0 spiro atoms. The van der Waals surface area contributed by atoms with E-state index in [1.807, 2.05) is 32.0 Å². The van der Waals surface area contributed by atoms with Crippen molar-refractivity contribution in [3.63, 3.8) is 0 Å². The molecule has 2 aromatic carbocycles. The second-order valence-electron chi connectivity index (χ2n) is 12.4. The third-order valence-electron chi connectivity index (χ3n) is 7.48. The number of aromatic hydroxyl groups is 1. The highest BCUT2D eigenvalue weighted by molar-refractivity contribution is 5.92. The number of unbranched alkanes of at least 4 members (excludes halogenated alkanes) is 5. The van der Waals surface area contributed by atoms with Crippen molar-refractivity contribution >= 4 is 17.9 Å². The van der Waals surface area contributed by atoms with Crippen molar-refractivity contribution in [3.05, 3.63) is 64.7 Å². The molecule has 0 aliphatic carbocycles. The van der Waals surface area contributed by atoms with Crippen LogP contribution in [-0.4, -0.2) is 52.6 Å². The topological polar surface area (TPSA) is 108 Å². The second-order valence-corrected chi connectivity index (χ2v) is 12.4. The average molecular weight is 596 g/mol. The Morgan fingerprint density at radius 3 is 2.19 bits per heavy atom. The van der Waals surface area contributed by atoms with Crippen LogP contribution in [0.5, 0.6) is 5.75 Å². The van der Waals surface area contributed by atoms with E-state index >= 15 is 0 Å². The number of aryl methyl sites for hydroxylation is 1. The van der Waals surface area contributed by atoms with Gasteiger partial charge >= 0.3 is 6.09 Å². The van der Waals surface area contributed by atoms with Gasteiger partial charge in [-0.05, 0) is 81.8 Å². The minimum absolute atomic E-state index is 0.110. The number of rotatable bonds is 16. The Morgan fingerprint density at radius 2 is 1.56 bits per heavy atom. The number of amides is 3. The predicted octanol–water partition coefficient (Wildman–Crippen LogP) is 6.90. The van der Waals surface area contributed by atoms with Gasteiger partial charge in [-0.3, -0.25) is 9.59 Å². The van der Waals surface area contributed by atoms with Crippen LogP contribution < -0.4 is 10.6 Å². The molecule has 43 heavy (non-hydrogen) atoms. The molecule has 0 saturated carbocycles. The molecular weight excluding hydrogens is 542 g/mol. The maximum atomic E-state index is 14.6. The molecule has 238 valence electrons. The molecule has 8 heteroatoms. The summed E-state index contributed by atoms with van der Waals surface area (Å²) in [5, 5.41) is 15.7. The Balaban J connectivity index is 2.58. The molecule has 0 saturated heterocycles. The summed E-state index contributed by atoms with van der Waals surface area (Å²) in [7, 11) is 0. The van der Waals surface area contributed by atoms with E-state index in [-0.39, 0.29) is 24.0 Å². The number of nitrogens with zero attached hydrogens (tertiary/aromatic N) is 1. The Morgan fingerprint density at radius 1 is 0.907 bits per heavy atom. The van der Waals surface area contributed by atoms with Crippen LogP contribution >= 0.6 is 0 Å². The molecule has 0 aliphatic heterocycles. The minimum atomic E-state index is -0.994. The number of nitrogens with one attached hydrogen (secondary N) is 2. The zero-order chi connectivity index (χ0) is 32.0. The van der Waals surface area contributed by atoms with E-state index in [1.165, 1.54) is 0 Å². The monoisotopic (exact) mass is 595 g/mol. The standard InChI is InChI=1S/C35H53N3O5/c1-8-10-12-13-14-23-38(31(32(40)36-22-11-9-2)29-17-15-16-25(3)26(29)4)33(41)30(37-34(42)43-35(5,6)7)24-27-18-20-28(39)21-19-27/h15-21,30-31,39H,8-14,22-24H2,1-7H3,(H,36,40)(H,37,42). The van der Waals surface area contributed by atoms with E-state index in [9.17, 15) is 19.5 Å². The molecule has 2 rings (SSSR count). The normalized spacial score (nSPS) is 12.7. The van der Waals surface area contributed by atoms with Crippen LogP contribution in [0.1, 0.15) is 108 Å². The first-order valence-electron chi connectivity index (χ1n) is 15.8. The SMILES string of the molecule is CCCCCCCN(C(=O)C(Cc1ccc(O)cc1)NC(=O)OC(C)(C)C)C(C(=O)NCCCC)c1cccc(C)c1C. The van der Waals surface area contributed by atoms with Gasteiger partial charge < -0.3 is 25.4 Å². The number of phenols is 1. The van der Waals surface area contributed by atoms with Crippen molar-refractivity contribution < 1.29 is 24.2 Å². The number of ether oxygens (including phenoxy) is 1. The lowest BCUT2D eigenvalue weighted by atomic mass is 9.94. The molecule has 2 unspecified atom stereocenters. The van der Waals surface area contributed by atoms with Gasteiger partial charge in [-0.2, -0.15) is 0 Å². The summed E-state index contributed by atoms with van der Waals surface area (Å²) in [5.41, 5.74) is 2.77. The first-order valence-corrected chi connectivity index (χ1v) is 15.8. The molecule has 3 N–H and O–H groups in total.